The maximum absolute atomic E-state index is 12.7. The van der Waals surface area contributed by atoms with E-state index in [1.165, 1.54) is 0 Å². The topological polar surface area (TPSA) is 92.8 Å². The van der Waals surface area contributed by atoms with Gasteiger partial charge in [0.25, 0.3) is 5.91 Å². The molecule has 7 heteroatoms. The van der Waals surface area contributed by atoms with Crippen molar-refractivity contribution < 1.29 is 9.53 Å². The number of carbonyl (C=O) groups is 1. The van der Waals surface area contributed by atoms with E-state index >= 15 is 0 Å². The smallest absolute Gasteiger partial charge is 0.269 e. The first kappa shape index (κ1) is 19.4. The highest BCUT2D eigenvalue weighted by Gasteiger charge is 2.19. The van der Waals surface area contributed by atoms with E-state index in [-0.39, 0.29) is 11.6 Å². The Labute approximate surface area is 163 Å². The molecule has 1 aromatic carbocycles. The quantitative estimate of drug-likeness (QED) is 0.637. The van der Waals surface area contributed by atoms with Crippen molar-refractivity contribution in [3.05, 3.63) is 41.7 Å². The fraction of sp³-hybridized carbons (Fsp3) is 0.333. The number of aryl methyl sites for hydroxylation is 1. The number of carbonyl (C=O) groups excluding carboxylic acids is 1. The summed E-state index contributed by atoms with van der Waals surface area (Å²) in [6, 6.07) is 9.28. The predicted octanol–water partition coefficient (Wildman–Crippen LogP) is 3.44. The van der Waals surface area contributed by atoms with Gasteiger partial charge < -0.3 is 10.1 Å². The summed E-state index contributed by atoms with van der Waals surface area (Å²) in [6.07, 6.45) is 4.75. The average molecular weight is 377 g/mol. The Balaban J connectivity index is 2.14. The molecule has 1 amide bonds. The summed E-state index contributed by atoms with van der Waals surface area (Å²) < 4.78 is 7.11. The number of aromatic nitrogens is 3. The van der Waals surface area contributed by atoms with Crippen molar-refractivity contribution in [2.75, 3.05) is 13.7 Å². The van der Waals surface area contributed by atoms with Gasteiger partial charge in [-0.1, -0.05) is 31.9 Å². The van der Waals surface area contributed by atoms with Gasteiger partial charge in [0.05, 0.1) is 30.0 Å². The molecule has 28 heavy (non-hydrogen) atoms. The zero-order valence-electron chi connectivity index (χ0n) is 16.3. The van der Waals surface area contributed by atoms with E-state index in [0.717, 1.165) is 35.8 Å². The molecular weight excluding hydrogens is 354 g/mol. The van der Waals surface area contributed by atoms with Crippen LogP contribution in [0.5, 0.6) is 5.88 Å². The minimum Gasteiger partial charge on any atom is -0.481 e. The number of rotatable bonds is 7. The van der Waals surface area contributed by atoms with E-state index in [1.807, 2.05) is 6.07 Å². The van der Waals surface area contributed by atoms with Gasteiger partial charge in [0.1, 0.15) is 11.8 Å². The van der Waals surface area contributed by atoms with Crippen molar-refractivity contribution in [2.45, 2.75) is 26.2 Å². The zero-order valence-corrected chi connectivity index (χ0v) is 16.3. The second-order valence-corrected chi connectivity index (χ2v) is 6.52. The molecule has 0 unspecified atom stereocenters. The normalized spacial score (nSPS) is 10.6. The molecule has 0 radical (unpaired) electrons. The molecule has 0 saturated heterocycles. The van der Waals surface area contributed by atoms with Crippen LogP contribution in [0.4, 0.5) is 0 Å². The standard InChI is InChI=1S/C21H23N5O2/c1-4-5-6-10-23-20(27)18-11-16(17-13-24-26(2)21(17)28-3)15-9-7-8-14(12-22)19(15)25-18/h7-9,11,13H,4-6,10H2,1-3H3,(H,23,27). The lowest BCUT2D eigenvalue weighted by atomic mass is 10.00. The number of hydrogen-bond donors (Lipinski definition) is 1. The van der Waals surface area contributed by atoms with E-state index in [2.05, 4.69) is 28.4 Å². The second-order valence-electron chi connectivity index (χ2n) is 6.52. The number of amides is 1. The van der Waals surface area contributed by atoms with Crippen LogP contribution in [-0.2, 0) is 7.05 Å². The molecule has 0 aliphatic rings. The van der Waals surface area contributed by atoms with Crippen LogP contribution in [0.15, 0.2) is 30.5 Å². The number of nitrogens with one attached hydrogen (secondary N) is 1. The first-order chi connectivity index (χ1) is 13.6. The lowest BCUT2D eigenvalue weighted by Gasteiger charge is -2.11. The molecule has 2 heterocycles. The highest BCUT2D eigenvalue weighted by atomic mass is 16.5. The van der Waals surface area contributed by atoms with Crippen molar-refractivity contribution in [2.24, 2.45) is 7.05 Å². The molecule has 1 N–H and O–H groups in total. The van der Waals surface area contributed by atoms with Crippen molar-refractivity contribution in [1.29, 1.82) is 5.26 Å². The lowest BCUT2D eigenvalue weighted by Crippen LogP contribution is -2.25. The van der Waals surface area contributed by atoms with Gasteiger partial charge in [-0.05, 0) is 18.6 Å². The minimum atomic E-state index is -0.255. The Hall–Kier alpha value is -3.40. The summed E-state index contributed by atoms with van der Waals surface area (Å²) in [5.41, 5.74) is 2.68. The zero-order chi connectivity index (χ0) is 20.1. The molecule has 0 saturated carbocycles. The molecule has 0 aliphatic heterocycles. The molecule has 0 spiro atoms. The SMILES string of the molecule is CCCCCNC(=O)c1cc(-c2cnn(C)c2OC)c2cccc(C#N)c2n1. The number of unbranched alkanes of at least 4 members (excludes halogenated alkanes) is 2. The monoisotopic (exact) mass is 377 g/mol. The molecule has 0 aliphatic carbocycles. The Morgan fingerprint density at radius 1 is 1.32 bits per heavy atom. The van der Waals surface area contributed by atoms with Crippen LogP contribution in [0.2, 0.25) is 0 Å². The van der Waals surface area contributed by atoms with E-state index in [0.29, 0.717) is 23.5 Å². The van der Waals surface area contributed by atoms with Gasteiger partial charge in [-0.2, -0.15) is 10.4 Å². The van der Waals surface area contributed by atoms with E-state index in [4.69, 9.17) is 4.74 Å². The van der Waals surface area contributed by atoms with Crippen molar-refractivity contribution in [3.8, 4) is 23.1 Å². The summed E-state index contributed by atoms with van der Waals surface area (Å²) in [7, 11) is 3.36. The third kappa shape index (κ3) is 3.67. The Kier molecular flexibility index (Phi) is 5.90. The van der Waals surface area contributed by atoms with Crippen LogP contribution < -0.4 is 10.1 Å². The molecule has 7 nitrogen and oxygen atoms in total. The Bertz CT molecular complexity index is 1050. The van der Waals surface area contributed by atoms with Gasteiger partial charge in [0.2, 0.25) is 5.88 Å². The van der Waals surface area contributed by atoms with E-state index in [1.54, 1.807) is 43.2 Å². The van der Waals surface area contributed by atoms with Gasteiger partial charge in [-0.3, -0.25) is 4.79 Å². The number of hydrogen-bond acceptors (Lipinski definition) is 5. The van der Waals surface area contributed by atoms with Crippen LogP contribution in [0.1, 0.15) is 42.2 Å². The largest absolute Gasteiger partial charge is 0.481 e. The number of nitriles is 1. The van der Waals surface area contributed by atoms with E-state index in [9.17, 15) is 10.1 Å². The molecule has 0 atom stereocenters. The van der Waals surface area contributed by atoms with Crippen molar-refractivity contribution >= 4 is 16.8 Å². The summed E-state index contributed by atoms with van der Waals surface area (Å²) in [5.74, 6) is 0.319. The van der Waals surface area contributed by atoms with Crippen LogP contribution in [-0.4, -0.2) is 34.3 Å². The van der Waals surface area contributed by atoms with Gasteiger partial charge in [0.15, 0.2) is 0 Å². The number of ether oxygens (including phenoxy) is 1. The van der Waals surface area contributed by atoms with Gasteiger partial charge in [0, 0.05) is 24.5 Å². The molecule has 3 rings (SSSR count). The Morgan fingerprint density at radius 3 is 2.86 bits per heavy atom. The van der Waals surface area contributed by atoms with Gasteiger partial charge in [-0.25, -0.2) is 9.67 Å². The molecular formula is C21H23N5O2. The molecule has 2 aromatic heterocycles. The van der Waals surface area contributed by atoms with Crippen LogP contribution in [0.25, 0.3) is 22.0 Å². The third-order valence-corrected chi connectivity index (χ3v) is 4.63. The highest BCUT2D eigenvalue weighted by molar-refractivity contribution is 6.03. The number of nitrogens with zero attached hydrogens (tertiary/aromatic N) is 4. The fourth-order valence-electron chi connectivity index (χ4n) is 3.20. The molecule has 3 aromatic rings. The first-order valence-electron chi connectivity index (χ1n) is 9.29. The first-order valence-corrected chi connectivity index (χ1v) is 9.29. The fourth-order valence-corrected chi connectivity index (χ4v) is 3.20. The number of pyridine rings is 1. The van der Waals surface area contributed by atoms with Gasteiger partial charge in [-0.15, -0.1) is 0 Å². The summed E-state index contributed by atoms with van der Waals surface area (Å²) in [5, 5.41) is 17.4. The van der Waals surface area contributed by atoms with Crippen molar-refractivity contribution in [3.63, 3.8) is 0 Å². The summed E-state index contributed by atoms with van der Waals surface area (Å²) >= 11 is 0. The van der Waals surface area contributed by atoms with Crippen molar-refractivity contribution in [1.82, 2.24) is 20.1 Å². The molecule has 0 bridgehead atoms. The highest BCUT2D eigenvalue weighted by Crippen LogP contribution is 2.35. The molecule has 144 valence electrons. The number of para-hydroxylation sites is 1. The summed E-state index contributed by atoms with van der Waals surface area (Å²) in [6.45, 7) is 2.71. The third-order valence-electron chi connectivity index (χ3n) is 4.63. The summed E-state index contributed by atoms with van der Waals surface area (Å²) in [4.78, 5) is 17.2. The maximum Gasteiger partial charge on any atom is 0.269 e. The second kappa shape index (κ2) is 8.53. The Morgan fingerprint density at radius 2 is 2.14 bits per heavy atom. The molecule has 0 fully saturated rings. The number of fused-ring (bicyclic) bond motifs is 1. The lowest BCUT2D eigenvalue weighted by molar-refractivity contribution is 0.0948. The van der Waals surface area contributed by atoms with Gasteiger partial charge >= 0.3 is 0 Å². The average Bonchev–Trinajstić information content (AvgIpc) is 3.09. The maximum atomic E-state index is 12.7. The van der Waals surface area contributed by atoms with E-state index < -0.39 is 0 Å². The van der Waals surface area contributed by atoms with Crippen LogP contribution in [0, 0.1) is 11.3 Å². The van der Waals surface area contributed by atoms with Crippen LogP contribution in [0.3, 0.4) is 0 Å². The predicted molar refractivity (Wildman–Crippen MR) is 107 cm³/mol. The number of methoxy groups -OCH3 is 1. The number of benzene rings is 1. The minimum absolute atomic E-state index is 0.255. The van der Waals surface area contributed by atoms with Crippen LogP contribution >= 0.6 is 0 Å².